The number of aromatic carboxylic acids is 1. The zero-order valence-corrected chi connectivity index (χ0v) is 11.2. The Morgan fingerprint density at radius 1 is 1.24 bits per heavy atom. The lowest BCUT2D eigenvalue weighted by molar-refractivity contribution is 0.0685. The van der Waals surface area contributed by atoms with E-state index >= 15 is 0 Å². The zero-order valence-electron chi connectivity index (χ0n) is 11.2. The van der Waals surface area contributed by atoms with E-state index in [1.807, 2.05) is 18.2 Å². The summed E-state index contributed by atoms with van der Waals surface area (Å²) >= 11 is 0. The average Bonchev–Trinajstić information content (AvgIpc) is 2.84. The molecule has 21 heavy (non-hydrogen) atoms. The molecule has 1 aliphatic heterocycles. The summed E-state index contributed by atoms with van der Waals surface area (Å²) in [7, 11) is 0. The van der Waals surface area contributed by atoms with Crippen LogP contribution in [-0.4, -0.2) is 29.4 Å². The molecule has 0 atom stereocenters. The smallest absolute Gasteiger partial charge is 0.358 e. The molecule has 0 unspecified atom stereocenters. The van der Waals surface area contributed by atoms with Gasteiger partial charge in [0, 0.05) is 24.2 Å². The lowest BCUT2D eigenvalue weighted by atomic mass is 10.2. The highest BCUT2D eigenvalue weighted by molar-refractivity contribution is 5.85. The molecule has 110 valence electrons. The summed E-state index contributed by atoms with van der Waals surface area (Å²) in [4.78, 5) is 10.7. The first-order valence-electron chi connectivity index (χ1n) is 6.55. The standard InChI is InChI=1S/C14H14N2O5/c17-14(18)11-7-10(21-16-11)8-15-9-2-3-12-13(6-9)20-5-1-4-19-12/h2-3,6-7,15H,1,4-5,8H2,(H,17,18). The van der Waals surface area contributed by atoms with Crippen molar-refractivity contribution in [3.63, 3.8) is 0 Å². The third kappa shape index (κ3) is 3.07. The van der Waals surface area contributed by atoms with Crippen LogP contribution in [0.25, 0.3) is 0 Å². The van der Waals surface area contributed by atoms with E-state index in [0.29, 0.717) is 31.3 Å². The number of nitrogens with one attached hydrogen (secondary N) is 1. The van der Waals surface area contributed by atoms with Crippen LogP contribution in [-0.2, 0) is 6.54 Å². The molecule has 0 bridgehead atoms. The molecule has 2 heterocycles. The Balaban J connectivity index is 1.67. The van der Waals surface area contributed by atoms with Crippen LogP contribution >= 0.6 is 0 Å². The third-order valence-corrected chi connectivity index (χ3v) is 2.99. The summed E-state index contributed by atoms with van der Waals surface area (Å²) in [6, 6.07) is 6.93. The van der Waals surface area contributed by atoms with Gasteiger partial charge in [-0.25, -0.2) is 4.79 Å². The zero-order chi connectivity index (χ0) is 14.7. The van der Waals surface area contributed by atoms with Crippen LogP contribution in [0.2, 0.25) is 0 Å². The minimum Gasteiger partial charge on any atom is -0.490 e. The van der Waals surface area contributed by atoms with Crippen molar-refractivity contribution in [3.05, 3.63) is 35.7 Å². The maximum atomic E-state index is 10.7. The van der Waals surface area contributed by atoms with Crippen LogP contribution < -0.4 is 14.8 Å². The molecule has 0 aliphatic carbocycles. The molecule has 0 amide bonds. The van der Waals surface area contributed by atoms with E-state index in [-0.39, 0.29) is 5.69 Å². The minimum absolute atomic E-state index is 0.106. The van der Waals surface area contributed by atoms with Gasteiger partial charge in [-0.15, -0.1) is 0 Å². The van der Waals surface area contributed by atoms with Crippen molar-refractivity contribution in [1.29, 1.82) is 0 Å². The van der Waals surface area contributed by atoms with Crippen LogP contribution in [0.1, 0.15) is 22.7 Å². The van der Waals surface area contributed by atoms with E-state index in [2.05, 4.69) is 10.5 Å². The topological polar surface area (TPSA) is 93.8 Å². The lowest BCUT2D eigenvalue weighted by Crippen LogP contribution is -2.00. The normalized spacial score (nSPS) is 13.5. The average molecular weight is 290 g/mol. The fourth-order valence-electron chi connectivity index (χ4n) is 1.96. The van der Waals surface area contributed by atoms with Gasteiger partial charge >= 0.3 is 5.97 Å². The number of nitrogens with zero attached hydrogens (tertiary/aromatic N) is 1. The maximum Gasteiger partial charge on any atom is 0.358 e. The molecule has 1 aliphatic rings. The number of hydrogen-bond acceptors (Lipinski definition) is 6. The highest BCUT2D eigenvalue weighted by Gasteiger charge is 2.12. The van der Waals surface area contributed by atoms with Gasteiger partial charge in [0.05, 0.1) is 19.8 Å². The molecule has 1 aromatic heterocycles. The largest absolute Gasteiger partial charge is 0.490 e. The van der Waals surface area contributed by atoms with Crippen molar-refractivity contribution in [2.75, 3.05) is 18.5 Å². The maximum absolute atomic E-state index is 10.7. The molecule has 7 nitrogen and oxygen atoms in total. The molecule has 2 aromatic rings. The Hall–Kier alpha value is -2.70. The van der Waals surface area contributed by atoms with Gasteiger partial charge in [-0.05, 0) is 12.1 Å². The number of benzene rings is 1. The van der Waals surface area contributed by atoms with Crippen molar-refractivity contribution in [3.8, 4) is 11.5 Å². The van der Waals surface area contributed by atoms with Crippen molar-refractivity contribution in [2.24, 2.45) is 0 Å². The second-order valence-electron chi connectivity index (χ2n) is 4.55. The van der Waals surface area contributed by atoms with Crippen LogP contribution in [0, 0.1) is 0 Å². The Morgan fingerprint density at radius 2 is 2.05 bits per heavy atom. The van der Waals surface area contributed by atoms with Gasteiger partial charge in [0.15, 0.2) is 23.0 Å². The van der Waals surface area contributed by atoms with E-state index in [4.69, 9.17) is 19.1 Å². The van der Waals surface area contributed by atoms with Crippen molar-refractivity contribution >= 4 is 11.7 Å². The monoisotopic (exact) mass is 290 g/mol. The molecule has 2 N–H and O–H groups in total. The molecule has 0 spiro atoms. The molecule has 3 rings (SSSR count). The number of ether oxygens (including phenoxy) is 2. The number of hydrogen-bond donors (Lipinski definition) is 2. The lowest BCUT2D eigenvalue weighted by Gasteiger charge is -2.10. The van der Waals surface area contributed by atoms with Crippen LogP contribution in [0.3, 0.4) is 0 Å². The first kappa shape index (κ1) is 13.3. The van der Waals surface area contributed by atoms with Gasteiger partial charge in [-0.3, -0.25) is 0 Å². The van der Waals surface area contributed by atoms with Crippen LogP contribution in [0.15, 0.2) is 28.8 Å². The summed E-state index contributed by atoms with van der Waals surface area (Å²) in [5.41, 5.74) is 0.720. The molecule has 0 radical (unpaired) electrons. The number of fused-ring (bicyclic) bond motifs is 1. The Morgan fingerprint density at radius 3 is 2.81 bits per heavy atom. The van der Waals surface area contributed by atoms with E-state index in [9.17, 15) is 4.79 Å². The summed E-state index contributed by atoms with van der Waals surface area (Å²) in [6.07, 6.45) is 0.855. The van der Waals surface area contributed by atoms with E-state index in [1.54, 1.807) is 0 Å². The quantitative estimate of drug-likeness (QED) is 0.890. The fourth-order valence-corrected chi connectivity index (χ4v) is 1.96. The van der Waals surface area contributed by atoms with E-state index < -0.39 is 5.97 Å². The second-order valence-corrected chi connectivity index (χ2v) is 4.55. The van der Waals surface area contributed by atoms with Crippen LogP contribution in [0.4, 0.5) is 5.69 Å². The van der Waals surface area contributed by atoms with Gasteiger partial charge in [0.1, 0.15) is 0 Å². The molecule has 1 aromatic carbocycles. The Bertz CT molecular complexity index is 653. The van der Waals surface area contributed by atoms with Crippen LogP contribution in [0.5, 0.6) is 11.5 Å². The predicted octanol–water partition coefficient (Wildman–Crippen LogP) is 2.15. The van der Waals surface area contributed by atoms with Crippen molar-refractivity contribution in [1.82, 2.24) is 5.16 Å². The van der Waals surface area contributed by atoms with Crippen molar-refractivity contribution in [2.45, 2.75) is 13.0 Å². The van der Waals surface area contributed by atoms with Gasteiger partial charge in [0.25, 0.3) is 0 Å². The third-order valence-electron chi connectivity index (χ3n) is 2.99. The van der Waals surface area contributed by atoms with Gasteiger partial charge in [0.2, 0.25) is 0 Å². The number of carbonyl (C=O) groups is 1. The van der Waals surface area contributed by atoms with Crippen molar-refractivity contribution < 1.29 is 23.9 Å². The first-order valence-corrected chi connectivity index (χ1v) is 6.55. The fraction of sp³-hybridized carbons (Fsp3) is 0.286. The number of anilines is 1. The summed E-state index contributed by atoms with van der Waals surface area (Å²) in [5.74, 6) is 0.757. The summed E-state index contributed by atoms with van der Waals surface area (Å²) in [5, 5.41) is 15.3. The molecular formula is C14H14N2O5. The highest BCUT2D eigenvalue weighted by Crippen LogP contribution is 2.32. The van der Waals surface area contributed by atoms with E-state index in [0.717, 1.165) is 17.9 Å². The minimum atomic E-state index is -1.11. The van der Waals surface area contributed by atoms with E-state index in [1.165, 1.54) is 6.07 Å². The van der Waals surface area contributed by atoms with Gasteiger partial charge in [-0.2, -0.15) is 0 Å². The number of aromatic nitrogens is 1. The number of carboxylic acid groups (broad SMARTS) is 1. The molecule has 0 saturated heterocycles. The Kier molecular flexibility index (Phi) is 3.63. The number of carboxylic acids is 1. The van der Waals surface area contributed by atoms with Gasteiger partial charge < -0.3 is 24.4 Å². The number of rotatable bonds is 4. The first-order chi connectivity index (χ1) is 10.2. The summed E-state index contributed by atoms with van der Waals surface area (Å²) < 4.78 is 16.1. The molecule has 0 saturated carbocycles. The Labute approximate surface area is 120 Å². The highest BCUT2D eigenvalue weighted by atomic mass is 16.5. The summed E-state index contributed by atoms with van der Waals surface area (Å²) in [6.45, 7) is 1.61. The second kappa shape index (κ2) is 5.74. The molecule has 7 heteroatoms. The predicted molar refractivity (Wildman–Crippen MR) is 72.8 cm³/mol. The molecular weight excluding hydrogens is 276 g/mol. The van der Waals surface area contributed by atoms with Gasteiger partial charge in [-0.1, -0.05) is 5.16 Å². The SMILES string of the molecule is O=C(O)c1cc(CNc2ccc3c(c2)OCCCO3)on1. The molecule has 0 fully saturated rings.